The molecule has 1 nitrogen and oxygen atoms in total. The molecular formula is C29H21N. The topological polar surface area (TPSA) is 15.8 Å². The highest BCUT2D eigenvalue weighted by atomic mass is 14.7. The molecule has 0 spiro atoms. The number of H-pyrrole nitrogens is 1. The molecular weight excluding hydrogens is 362 g/mol. The van der Waals surface area contributed by atoms with Gasteiger partial charge in [0.05, 0.1) is 5.52 Å². The van der Waals surface area contributed by atoms with Crippen molar-refractivity contribution in [3.05, 3.63) is 96.1 Å². The van der Waals surface area contributed by atoms with Gasteiger partial charge in [0.25, 0.3) is 0 Å². The molecule has 0 saturated heterocycles. The van der Waals surface area contributed by atoms with Gasteiger partial charge in [-0.3, -0.25) is 0 Å². The molecule has 1 aliphatic rings. The van der Waals surface area contributed by atoms with E-state index < -0.39 is 0 Å². The van der Waals surface area contributed by atoms with Crippen molar-refractivity contribution in [1.29, 1.82) is 0 Å². The summed E-state index contributed by atoms with van der Waals surface area (Å²) in [5.41, 5.74) is 8.06. The van der Waals surface area contributed by atoms with Gasteiger partial charge in [0, 0.05) is 21.7 Å². The van der Waals surface area contributed by atoms with E-state index in [0.29, 0.717) is 0 Å². The van der Waals surface area contributed by atoms with E-state index in [0.717, 1.165) is 0 Å². The highest BCUT2D eigenvalue weighted by molar-refractivity contribution is 6.20. The quantitative estimate of drug-likeness (QED) is 0.256. The Morgan fingerprint density at radius 2 is 1.13 bits per heavy atom. The molecule has 30 heavy (non-hydrogen) atoms. The van der Waals surface area contributed by atoms with Gasteiger partial charge >= 0.3 is 0 Å². The number of hydrogen-bond donors (Lipinski definition) is 1. The maximum Gasteiger partial charge on any atom is 0.0512 e. The fraction of sp³-hybridized carbons (Fsp3) is 0.103. The Labute approximate surface area is 175 Å². The molecule has 0 atom stereocenters. The lowest BCUT2D eigenvalue weighted by Crippen LogP contribution is -2.16. The zero-order valence-electron chi connectivity index (χ0n) is 17.1. The first-order valence-electron chi connectivity index (χ1n) is 10.6. The van der Waals surface area contributed by atoms with Crippen LogP contribution >= 0.6 is 0 Å². The zero-order chi connectivity index (χ0) is 20.0. The van der Waals surface area contributed by atoms with Crippen LogP contribution in [0, 0.1) is 0 Å². The van der Waals surface area contributed by atoms with Crippen molar-refractivity contribution in [2.75, 3.05) is 0 Å². The van der Waals surface area contributed by atoms with E-state index in [1.54, 1.807) is 0 Å². The second-order valence-corrected chi connectivity index (χ2v) is 9.05. The average molecular weight is 383 g/mol. The third-order valence-electron chi connectivity index (χ3n) is 7.13. The largest absolute Gasteiger partial charge is 0.354 e. The third kappa shape index (κ3) is 1.79. The molecule has 1 aromatic heterocycles. The number of rotatable bonds is 0. The molecule has 0 saturated carbocycles. The molecule has 1 aliphatic carbocycles. The van der Waals surface area contributed by atoms with Crippen molar-refractivity contribution in [2.45, 2.75) is 19.3 Å². The monoisotopic (exact) mass is 383 g/mol. The Morgan fingerprint density at radius 1 is 0.533 bits per heavy atom. The van der Waals surface area contributed by atoms with Crippen LogP contribution in [0.5, 0.6) is 0 Å². The van der Waals surface area contributed by atoms with Gasteiger partial charge in [-0.15, -0.1) is 0 Å². The molecule has 6 aromatic rings. The molecule has 1 heterocycles. The van der Waals surface area contributed by atoms with Crippen LogP contribution < -0.4 is 0 Å². The second kappa shape index (κ2) is 5.31. The summed E-state index contributed by atoms with van der Waals surface area (Å²) in [6, 6.07) is 31.1. The van der Waals surface area contributed by atoms with Crippen molar-refractivity contribution < 1.29 is 0 Å². The van der Waals surface area contributed by atoms with Crippen molar-refractivity contribution in [1.82, 2.24) is 4.98 Å². The van der Waals surface area contributed by atoms with Crippen LogP contribution in [0.25, 0.3) is 54.5 Å². The van der Waals surface area contributed by atoms with E-state index in [1.165, 1.54) is 65.6 Å². The molecule has 5 aromatic carbocycles. The summed E-state index contributed by atoms with van der Waals surface area (Å²) >= 11 is 0. The Bertz CT molecular complexity index is 1660. The Kier molecular flexibility index (Phi) is 2.88. The van der Waals surface area contributed by atoms with Gasteiger partial charge in [0.15, 0.2) is 0 Å². The molecule has 0 amide bonds. The molecule has 0 unspecified atom stereocenters. The maximum atomic E-state index is 3.76. The summed E-state index contributed by atoms with van der Waals surface area (Å²) in [7, 11) is 0. The van der Waals surface area contributed by atoms with Crippen LogP contribution in [0.2, 0.25) is 0 Å². The van der Waals surface area contributed by atoms with E-state index in [9.17, 15) is 0 Å². The number of fused-ring (bicyclic) bond motifs is 12. The van der Waals surface area contributed by atoms with Gasteiger partial charge in [0.1, 0.15) is 0 Å². The molecule has 1 N–H and O–H groups in total. The summed E-state index contributed by atoms with van der Waals surface area (Å²) in [4.78, 5) is 3.76. The number of aromatic nitrogens is 1. The van der Waals surface area contributed by atoms with E-state index in [1.807, 2.05) is 0 Å². The van der Waals surface area contributed by atoms with Crippen LogP contribution in [0.4, 0.5) is 0 Å². The fourth-order valence-corrected chi connectivity index (χ4v) is 5.97. The lowest BCUT2D eigenvalue weighted by atomic mass is 9.78. The number of benzene rings is 5. The molecule has 7 rings (SSSR count). The van der Waals surface area contributed by atoms with Crippen molar-refractivity contribution >= 4 is 43.4 Å². The minimum absolute atomic E-state index is 0.0886. The Balaban J connectivity index is 1.75. The number of aromatic amines is 1. The molecule has 0 aliphatic heterocycles. The SMILES string of the molecule is CC1(C)c2c(c3ccccc3c3ccccc23)-c2ccc3c([nH]c4ccccc43)c21. The molecule has 1 heteroatoms. The normalized spacial score (nSPS) is 14.6. The first kappa shape index (κ1) is 16.2. The van der Waals surface area contributed by atoms with Gasteiger partial charge in [-0.1, -0.05) is 92.7 Å². The lowest BCUT2D eigenvalue weighted by Gasteiger charge is -2.24. The number of nitrogens with one attached hydrogen (secondary N) is 1. The van der Waals surface area contributed by atoms with Gasteiger partial charge < -0.3 is 4.98 Å². The van der Waals surface area contributed by atoms with Crippen LogP contribution in [-0.2, 0) is 5.41 Å². The first-order valence-corrected chi connectivity index (χ1v) is 10.6. The number of para-hydroxylation sites is 1. The summed E-state index contributed by atoms with van der Waals surface area (Å²) in [5.74, 6) is 0. The average Bonchev–Trinajstić information content (AvgIpc) is 3.26. The lowest BCUT2D eigenvalue weighted by molar-refractivity contribution is 0.671. The fourth-order valence-electron chi connectivity index (χ4n) is 5.97. The Morgan fingerprint density at radius 3 is 1.90 bits per heavy atom. The molecule has 0 bridgehead atoms. The van der Waals surface area contributed by atoms with Crippen molar-refractivity contribution in [3.63, 3.8) is 0 Å². The smallest absolute Gasteiger partial charge is 0.0512 e. The predicted octanol–water partition coefficient (Wildman–Crippen LogP) is 7.93. The molecule has 0 fully saturated rings. The first-order chi connectivity index (χ1) is 14.7. The van der Waals surface area contributed by atoms with Gasteiger partial charge in [-0.2, -0.15) is 0 Å². The van der Waals surface area contributed by atoms with E-state index in [-0.39, 0.29) is 5.41 Å². The third-order valence-corrected chi connectivity index (χ3v) is 7.13. The van der Waals surface area contributed by atoms with Gasteiger partial charge in [0.2, 0.25) is 0 Å². The predicted molar refractivity (Wildman–Crippen MR) is 128 cm³/mol. The molecule has 0 radical (unpaired) electrons. The van der Waals surface area contributed by atoms with Crippen molar-refractivity contribution in [2.24, 2.45) is 0 Å². The zero-order valence-corrected chi connectivity index (χ0v) is 17.1. The van der Waals surface area contributed by atoms with Crippen molar-refractivity contribution in [3.8, 4) is 11.1 Å². The van der Waals surface area contributed by atoms with Crippen LogP contribution in [0.1, 0.15) is 25.0 Å². The van der Waals surface area contributed by atoms with Crippen LogP contribution in [0.3, 0.4) is 0 Å². The van der Waals surface area contributed by atoms with E-state index in [4.69, 9.17) is 0 Å². The van der Waals surface area contributed by atoms with E-state index >= 15 is 0 Å². The van der Waals surface area contributed by atoms with Crippen LogP contribution in [0.15, 0.2) is 84.9 Å². The number of hydrogen-bond acceptors (Lipinski definition) is 0. The minimum atomic E-state index is -0.0886. The van der Waals surface area contributed by atoms with E-state index in [2.05, 4.69) is 104 Å². The van der Waals surface area contributed by atoms with Gasteiger partial charge in [-0.05, 0) is 49.9 Å². The summed E-state index contributed by atoms with van der Waals surface area (Å²) < 4.78 is 0. The maximum absolute atomic E-state index is 3.76. The Hall–Kier alpha value is -3.58. The molecule has 142 valence electrons. The summed E-state index contributed by atoms with van der Waals surface area (Å²) in [6.45, 7) is 4.79. The van der Waals surface area contributed by atoms with Crippen LogP contribution in [-0.4, -0.2) is 4.98 Å². The second-order valence-electron chi connectivity index (χ2n) is 9.05. The summed E-state index contributed by atoms with van der Waals surface area (Å²) in [5, 5.41) is 8.04. The summed E-state index contributed by atoms with van der Waals surface area (Å²) in [6.07, 6.45) is 0. The minimum Gasteiger partial charge on any atom is -0.354 e. The highest BCUT2D eigenvalue weighted by Crippen LogP contribution is 2.56. The van der Waals surface area contributed by atoms with Gasteiger partial charge in [-0.25, -0.2) is 0 Å². The highest BCUT2D eigenvalue weighted by Gasteiger charge is 2.40. The standard InChI is InChI=1S/C29H21N/c1-29(2)26-21-13-6-4-10-18(21)17-9-3-5-12-20(17)25(26)23-16-15-22-19-11-7-8-14-24(19)30-28(22)27(23)29/h3-16,30H,1-2H3.